The van der Waals surface area contributed by atoms with Crippen molar-refractivity contribution in [3.8, 4) is 5.75 Å². The second kappa shape index (κ2) is 11.1. The minimum atomic E-state index is -4.51. The van der Waals surface area contributed by atoms with Gasteiger partial charge in [-0.15, -0.1) is 0 Å². The molecule has 0 aliphatic carbocycles. The van der Waals surface area contributed by atoms with Crippen molar-refractivity contribution < 1.29 is 27.4 Å². The van der Waals surface area contributed by atoms with Gasteiger partial charge >= 0.3 is 6.18 Å². The van der Waals surface area contributed by atoms with Crippen molar-refractivity contribution in [2.24, 2.45) is 0 Å². The molecule has 3 aromatic rings. The van der Waals surface area contributed by atoms with Crippen LogP contribution in [-0.2, 0) is 22.3 Å². The van der Waals surface area contributed by atoms with Crippen molar-refractivity contribution in [2.75, 3.05) is 48.4 Å². The molecule has 2 N–H and O–H groups in total. The average molecular weight is 486 g/mol. The van der Waals surface area contributed by atoms with Gasteiger partial charge in [-0.1, -0.05) is 36.4 Å². The molecule has 1 heterocycles. The normalized spacial score (nSPS) is 13.9. The van der Waals surface area contributed by atoms with Crippen molar-refractivity contribution in [2.45, 2.75) is 12.8 Å². The maximum absolute atomic E-state index is 13.3. The molecule has 0 radical (unpaired) electrons. The largest absolute Gasteiger partial charge is 0.489 e. The number of carbonyl (C=O) groups is 1. The van der Waals surface area contributed by atoms with E-state index in [9.17, 15) is 18.0 Å². The summed E-state index contributed by atoms with van der Waals surface area (Å²) >= 11 is 0. The first kappa shape index (κ1) is 24.4. The fourth-order valence-electron chi connectivity index (χ4n) is 3.71. The number of alkyl halides is 3. The van der Waals surface area contributed by atoms with Gasteiger partial charge in [-0.3, -0.25) is 4.79 Å². The van der Waals surface area contributed by atoms with Gasteiger partial charge in [-0.25, -0.2) is 0 Å². The third-order valence-electron chi connectivity index (χ3n) is 5.49. The van der Waals surface area contributed by atoms with E-state index < -0.39 is 17.6 Å². The van der Waals surface area contributed by atoms with Crippen LogP contribution in [0.1, 0.15) is 11.1 Å². The van der Waals surface area contributed by atoms with Crippen molar-refractivity contribution in [1.82, 2.24) is 0 Å². The van der Waals surface area contributed by atoms with Crippen LogP contribution in [0.3, 0.4) is 0 Å². The van der Waals surface area contributed by atoms with Gasteiger partial charge in [0, 0.05) is 24.8 Å². The lowest BCUT2D eigenvalue weighted by molar-refractivity contribution is -0.137. The van der Waals surface area contributed by atoms with E-state index in [4.69, 9.17) is 9.47 Å². The molecule has 0 atom stereocenters. The standard InChI is InChI=1S/C26H26F3N3O3/c27-26(28,29)20-9-10-24(32-11-13-34-14-12-32)23(15-20)31-25(33)17-30-21-7-4-8-22(16-21)35-18-19-5-2-1-3-6-19/h1-10,15-16,30H,11-14,17-18H2,(H,31,33). The lowest BCUT2D eigenvalue weighted by Gasteiger charge is -2.31. The molecule has 1 aliphatic rings. The Bertz CT molecular complexity index is 1130. The first-order valence-electron chi connectivity index (χ1n) is 11.2. The van der Waals surface area contributed by atoms with Crippen molar-refractivity contribution >= 4 is 23.0 Å². The van der Waals surface area contributed by atoms with E-state index in [0.717, 1.165) is 17.7 Å². The molecule has 1 amide bonds. The molecule has 1 fully saturated rings. The fourth-order valence-corrected chi connectivity index (χ4v) is 3.71. The number of ether oxygens (including phenoxy) is 2. The average Bonchev–Trinajstić information content (AvgIpc) is 2.87. The highest BCUT2D eigenvalue weighted by atomic mass is 19.4. The molecule has 6 nitrogen and oxygen atoms in total. The zero-order valence-electron chi connectivity index (χ0n) is 19.0. The van der Waals surface area contributed by atoms with Crippen LogP contribution in [0.4, 0.5) is 30.2 Å². The van der Waals surface area contributed by atoms with E-state index in [1.54, 1.807) is 18.2 Å². The van der Waals surface area contributed by atoms with Crippen molar-refractivity contribution in [1.29, 1.82) is 0 Å². The highest BCUT2D eigenvalue weighted by Crippen LogP contribution is 2.35. The van der Waals surface area contributed by atoms with Crippen LogP contribution in [0.5, 0.6) is 5.75 Å². The van der Waals surface area contributed by atoms with E-state index in [1.165, 1.54) is 6.07 Å². The highest BCUT2D eigenvalue weighted by Gasteiger charge is 2.32. The predicted molar refractivity (Wildman–Crippen MR) is 129 cm³/mol. The molecule has 0 spiro atoms. The molecule has 4 rings (SSSR count). The Balaban J connectivity index is 1.40. The first-order valence-corrected chi connectivity index (χ1v) is 11.2. The molecule has 0 aromatic heterocycles. The van der Waals surface area contributed by atoms with E-state index >= 15 is 0 Å². The SMILES string of the molecule is O=C(CNc1cccc(OCc2ccccc2)c1)Nc1cc(C(F)(F)F)ccc1N1CCOCC1. The number of hydrogen-bond acceptors (Lipinski definition) is 5. The second-order valence-corrected chi connectivity index (χ2v) is 8.03. The van der Waals surface area contributed by atoms with E-state index in [2.05, 4.69) is 10.6 Å². The Morgan fingerprint density at radius 1 is 0.971 bits per heavy atom. The minimum Gasteiger partial charge on any atom is -0.489 e. The summed E-state index contributed by atoms with van der Waals surface area (Å²) in [6.45, 7) is 2.29. The number of nitrogens with one attached hydrogen (secondary N) is 2. The summed E-state index contributed by atoms with van der Waals surface area (Å²) in [5, 5.41) is 5.64. The van der Waals surface area contributed by atoms with E-state index in [-0.39, 0.29) is 12.2 Å². The molecular weight excluding hydrogens is 459 g/mol. The number of nitrogens with zero attached hydrogens (tertiary/aromatic N) is 1. The number of carbonyl (C=O) groups excluding carboxylic acids is 1. The van der Waals surface area contributed by atoms with Crippen LogP contribution in [0, 0.1) is 0 Å². The van der Waals surface area contributed by atoms with Crippen molar-refractivity contribution in [3.05, 3.63) is 83.9 Å². The van der Waals surface area contributed by atoms with Gasteiger partial charge in [0.15, 0.2) is 0 Å². The van der Waals surface area contributed by atoms with Crippen LogP contribution in [-0.4, -0.2) is 38.8 Å². The quantitative estimate of drug-likeness (QED) is 0.461. The summed E-state index contributed by atoms with van der Waals surface area (Å²) < 4.78 is 51.0. The number of halogens is 3. The van der Waals surface area contributed by atoms with Gasteiger partial charge < -0.3 is 25.0 Å². The Morgan fingerprint density at radius 2 is 1.74 bits per heavy atom. The van der Waals surface area contributed by atoms with E-state index in [1.807, 2.05) is 41.3 Å². The molecule has 35 heavy (non-hydrogen) atoms. The third-order valence-corrected chi connectivity index (χ3v) is 5.49. The Hall–Kier alpha value is -3.72. The van der Waals surface area contributed by atoms with Gasteiger partial charge in [-0.2, -0.15) is 13.2 Å². The van der Waals surface area contributed by atoms with Gasteiger partial charge in [0.25, 0.3) is 0 Å². The lowest BCUT2D eigenvalue weighted by atomic mass is 10.1. The molecule has 0 bridgehead atoms. The Morgan fingerprint density at radius 3 is 2.49 bits per heavy atom. The zero-order valence-corrected chi connectivity index (χ0v) is 19.0. The summed E-state index contributed by atoms with van der Waals surface area (Å²) in [4.78, 5) is 14.6. The summed E-state index contributed by atoms with van der Waals surface area (Å²) in [6, 6.07) is 20.3. The maximum atomic E-state index is 13.3. The number of amides is 1. The van der Waals surface area contributed by atoms with E-state index in [0.29, 0.717) is 50.0 Å². The van der Waals surface area contributed by atoms with Crippen LogP contribution in [0.15, 0.2) is 72.8 Å². The maximum Gasteiger partial charge on any atom is 0.416 e. The number of anilines is 3. The van der Waals surface area contributed by atoms with Gasteiger partial charge in [0.2, 0.25) is 5.91 Å². The van der Waals surface area contributed by atoms with Crippen LogP contribution in [0.2, 0.25) is 0 Å². The smallest absolute Gasteiger partial charge is 0.416 e. The van der Waals surface area contributed by atoms with Gasteiger partial charge in [-0.05, 0) is 35.9 Å². The highest BCUT2D eigenvalue weighted by molar-refractivity contribution is 5.97. The number of morpholine rings is 1. The number of hydrogen-bond donors (Lipinski definition) is 2. The molecular formula is C26H26F3N3O3. The lowest BCUT2D eigenvalue weighted by Crippen LogP contribution is -2.37. The van der Waals surface area contributed by atoms with Crippen molar-refractivity contribution in [3.63, 3.8) is 0 Å². The molecule has 3 aromatic carbocycles. The van der Waals surface area contributed by atoms with Gasteiger partial charge in [0.1, 0.15) is 12.4 Å². The third kappa shape index (κ3) is 6.89. The zero-order chi connectivity index (χ0) is 24.7. The summed E-state index contributed by atoms with van der Waals surface area (Å²) in [6.07, 6.45) is -4.51. The molecule has 1 aliphatic heterocycles. The number of rotatable bonds is 8. The van der Waals surface area contributed by atoms with Crippen LogP contribution >= 0.6 is 0 Å². The molecule has 9 heteroatoms. The molecule has 1 saturated heterocycles. The first-order chi connectivity index (χ1) is 16.9. The van der Waals surface area contributed by atoms with Gasteiger partial charge in [0.05, 0.1) is 36.7 Å². The molecule has 184 valence electrons. The minimum absolute atomic E-state index is 0.119. The Kier molecular flexibility index (Phi) is 7.77. The summed E-state index contributed by atoms with van der Waals surface area (Å²) in [5.74, 6) is 0.168. The fraction of sp³-hybridized carbons (Fsp3) is 0.269. The molecule has 0 saturated carbocycles. The number of benzene rings is 3. The topological polar surface area (TPSA) is 62.8 Å². The Labute approximate surface area is 201 Å². The molecule has 0 unspecified atom stereocenters. The van der Waals surface area contributed by atoms with Crippen LogP contribution in [0.25, 0.3) is 0 Å². The predicted octanol–water partition coefficient (Wildman–Crippen LogP) is 5.17. The monoisotopic (exact) mass is 485 g/mol. The summed E-state index contributed by atoms with van der Waals surface area (Å²) in [7, 11) is 0. The summed E-state index contributed by atoms with van der Waals surface area (Å²) in [5.41, 5.74) is 1.52. The van der Waals surface area contributed by atoms with Crippen LogP contribution < -0.4 is 20.3 Å². The second-order valence-electron chi connectivity index (χ2n) is 8.03.